The average molecular weight is 368 g/mol. The lowest BCUT2D eigenvalue weighted by molar-refractivity contribution is 0.278. The molecule has 0 saturated carbocycles. The Balaban J connectivity index is 1.58. The van der Waals surface area contributed by atoms with Crippen molar-refractivity contribution in [3.63, 3.8) is 0 Å². The molecule has 0 spiro atoms. The zero-order valence-electron chi connectivity index (χ0n) is 15.4. The van der Waals surface area contributed by atoms with E-state index in [4.69, 9.17) is 0 Å². The van der Waals surface area contributed by atoms with E-state index >= 15 is 0 Å². The van der Waals surface area contributed by atoms with Crippen LogP contribution in [-0.2, 0) is 0 Å². The second-order valence-corrected chi connectivity index (χ2v) is 7.64. The fourth-order valence-corrected chi connectivity index (χ4v) is 4.96. The first-order valence-corrected chi connectivity index (χ1v) is 10.2. The van der Waals surface area contributed by atoms with Crippen molar-refractivity contribution in [2.75, 3.05) is 31.1 Å². The van der Waals surface area contributed by atoms with Gasteiger partial charge in [0, 0.05) is 23.2 Å². The lowest BCUT2D eigenvalue weighted by atomic mass is 10.2. The summed E-state index contributed by atoms with van der Waals surface area (Å²) in [5.74, 6) is 0. The van der Waals surface area contributed by atoms with Gasteiger partial charge in [0.2, 0.25) is 0 Å². The van der Waals surface area contributed by atoms with Crippen LogP contribution in [0.15, 0.2) is 53.8 Å². The number of aromatic nitrogens is 2. The van der Waals surface area contributed by atoms with Crippen LogP contribution in [0.25, 0.3) is 5.70 Å². The van der Waals surface area contributed by atoms with E-state index in [1.165, 1.54) is 16.3 Å². The van der Waals surface area contributed by atoms with Gasteiger partial charge in [-0.2, -0.15) is 10.2 Å². The molecule has 0 bridgehead atoms. The van der Waals surface area contributed by atoms with Gasteiger partial charge in [-0.05, 0) is 44.3 Å². The molecule has 5 nitrogen and oxygen atoms in total. The molecule has 2 aromatic rings. The highest BCUT2D eigenvalue weighted by Gasteiger charge is 2.39. The minimum atomic E-state index is 0.298. The zero-order valence-corrected chi connectivity index (χ0v) is 16.2. The molecule has 2 aliphatic heterocycles. The van der Waals surface area contributed by atoms with Gasteiger partial charge in [-0.25, -0.2) is 0 Å². The first-order valence-electron chi connectivity index (χ1n) is 9.33. The summed E-state index contributed by atoms with van der Waals surface area (Å²) in [7, 11) is 0. The van der Waals surface area contributed by atoms with Crippen LogP contribution in [0.4, 0.5) is 5.69 Å². The summed E-state index contributed by atoms with van der Waals surface area (Å²) in [6.45, 7) is 8.87. The highest BCUT2D eigenvalue weighted by molar-refractivity contribution is 8.00. The van der Waals surface area contributed by atoms with Gasteiger partial charge in [0.25, 0.3) is 0 Å². The van der Waals surface area contributed by atoms with E-state index in [1.54, 1.807) is 6.20 Å². The van der Waals surface area contributed by atoms with E-state index < -0.39 is 0 Å². The average Bonchev–Trinajstić information content (AvgIpc) is 3.22. The number of thioether (sulfide) groups is 1. The van der Waals surface area contributed by atoms with Crippen LogP contribution in [0.5, 0.6) is 0 Å². The monoisotopic (exact) mass is 367 g/mol. The molecule has 0 aliphatic carbocycles. The summed E-state index contributed by atoms with van der Waals surface area (Å²) < 4.78 is 0. The van der Waals surface area contributed by atoms with Crippen molar-refractivity contribution >= 4 is 23.1 Å². The van der Waals surface area contributed by atoms with E-state index in [1.807, 2.05) is 18.0 Å². The summed E-state index contributed by atoms with van der Waals surface area (Å²) in [4.78, 5) is 8.76. The van der Waals surface area contributed by atoms with E-state index in [0.29, 0.717) is 5.50 Å². The Hall–Kier alpha value is -2.05. The highest BCUT2D eigenvalue weighted by atomic mass is 32.2. The van der Waals surface area contributed by atoms with Gasteiger partial charge >= 0.3 is 0 Å². The second kappa shape index (κ2) is 7.68. The molecule has 3 heterocycles. The Morgan fingerprint density at radius 1 is 1.12 bits per heavy atom. The lowest BCUT2D eigenvalue weighted by Gasteiger charge is -2.30. The van der Waals surface area contributed by atoms with Gasteiger partial charge in [0.1, 0.15) is 0 Å². The van der Waals surface area contributed by atoms with E-state index in [2.05, 4.69) is 75.3 Å². The van der Waals surface area contributed by atoms with Crippen molar-refractivity contribution in [2.45, 2.75) is 30.7 Å². The number of nitrogens with zero attached hydrogens (tertiary/aromatic N) is 5. The number of hydrogen-bond acceptors (Lipinski definition) is 6. The number of para-hydroxylation sites is 1. The molecule has 0 saturated heterocycles. The topological polar surface area (TPSA) is 35.5 Å². The molecule has 1 aromatic carbocycles. The third kappa shape index (κ3) is 3.19. The number of anilines is 1. The van der Waals surface area contributed by atoms with E-state index in [-0.39, 0.29) is 0 Å². The van der Waals surface area contributed by atoms with Crippen molar-refractivity contribution in [3.8, 4) is 0 Å². The van der Waals surface area contributed by atoms with Crippen LogP contribution in [0.1, 0.15) is 25.8 Å². The second-order valence-electron chi connectivity index (χ2n) is 6.54. The first-order chi connectivity index (χ1) is 12.8. The van der Waals surface area contributed by atoms with Crippen LogP contribution >= 0.6 is 11.8 Å². The molecule has 0 radical (unpaired) electrons. The van der Waals surface area contributed by atoms with Crippen LogP contribution in [0.2, 0.25) is 0 Å². The molecule has 6 heteroatoms. The first kappa shape index (κ1) is 17.4. The maximum Gasteiger partial charge on any atom is 0.159 e. The van der Waals surface area contributed by atoms with Gasteiger partial charge < -0.3 is 14.7 Å². The summed E-state index contributed by atoms with van der Waals surface area (Å²) in [6.07, 6.45) is 7.06. The largest absolute Gasteiger partial charge is 0.340 e. The van der Waals surface area contributed by atoms with Crippen molar-refractivity contribution in [1.29, 1.82) is 0 Å². The maximum absolute atomic E-state index is 4.09. The molecular weight excluding hydrogens is 342 g/mol. The summed E-state index contributed by atoms with van der Waals surface area (Å²) in [5.41, 5.74) is 3.97. The number of benzene rings is 1. The molecular formula is C20H25N5S. The Bertz CT molecular complexity index is 775. The van der Waals surface area contributed by atoms with Crippen molar-refractivity contribution in [1.82, 2.24) is 20.0 Å². The summed E-state index contributed by atoms with van der Waals surface area (Å²) >= 11 is 1.93. The molecule has 1 aromatic heterocycles. The molecule has 1 unspecified atom stereocenters. The standard InChI is InChI=1S/C20H25N5S/c1-3-23(4-2)12-7-13-24-18(16-10-11-21-22-14-16)15-25-17-8-5-6-9-19(17)26-20(24)25/h5-6,8-11,14-15,20H,3-4,7,12-13H2,1-2H3. The third-order valence-electron chi connectivity index (χ3n) is 5.10. The van der Waals surface area contributed by atoms with E-state index in [0.717, 1.165) is 38.2 Å². The predicted octanol–water partition coefficient (Wildman–Crippen LogP) is 3.72. The van der Waals surface area contributed by atoms with Crippen molar-refractivity contribution in [2.24, 2.45) is 0 Å². The SMILES string of the molecule is CCN(CC)CCCN1C(c2ccnnc2)=CN2c3ccccc3SC12. The maximum atomic E-state index is 4.09. The summed E-state index contributed by atoms with van der Waals surface area (Å²) in [5, 5.41) is 8.02. The number of fused-ring (bicyclic) bond motifs is 3. The van der Waals surface area contributed by atoms with Crippen LogP contribution in [0.3, 0.4) is 0 Å². The molecule has 0 amide bonds. The Morgan fingerprint density at radius 3 is 2.73 bits per heavy atom. The van der Waals surface area contributed by atoms with Crippen molar-refractivity contribution in [3.05, 3.63) is 54.5 Å². The smallest absolute Gasteiger partial charge is 0.159 e. The fraction of sp³-hybridized carbons (Fsp3) is 0.400. The Morgan fingerprint density at radius 2 is 1.96 bits per heavy atom. The van der Waals surface area contributed by atoms with Crippen molar-refractivity contribution < 1.29 is 0 Å². The Labute approximate surface area is 159 Å². The van der Waals surface area contributed by atoms with Gasteiger partial charge in [-0.1, -0.05) is 37.7 Å². The number of hydrogen-bond donors (Lipinski definition) is 0. The molecule has 26 heavy (non-hydrogen) atoms. The quantitative estimate of drug-likeness (QED) is 0.742. The molecule has 0 N–H and O–H groups in total. The normalized spacial score (nSPS) is 18.3. The lowest BCUT2D eigenvalue weighted by Crippen LogP contribution is -2.36. The number of rotatable bonds is 7. The van der Waals surface area contributed by atoms with Gasteiger partial charge in [-0.3, -0.25) is 0 Å². The molecule has 1 atom stereocenters. The third-order valence-corrected chi connectivity index (χ3v) is 6.39. The van der Waals surface area contributed by atoms with Crippen LogP contribution in [-0.4, -0.2) is 51.7 Å². The fourth-order valence-electron chi connectivity index (χ4n) is 3.65. The van der Waals surface area contributed by atoms with E-state index in [9.17, 15) is 0 Å². The molecule has 4 rings (SSSR count). The highest BCUT2D eigenvalue weighted by Crippen LogP contribution is 2.50. The molecule has 0 fully saturated rings. The molecule has 136 valence electrons. The van der Waals surface area contributed by atoms with Gasteiger partial charge in [0.15, 0.2) is 5.50 Å². The minimum absolute atomic E-state index is 0.298. The Kier molecular flexibility index (Phi) is 5.13. The predicted molar refractivity (Wildman–Crippen MR) is 108 cm³/mol. The zero-order chi connectivity index (χ0) is 17.9. The van der Waals surface area contributed by atoms with Crippen LogP contribution in [0, 0.1) is 0 Å². The van der Waals surface area contributed by atoms with Gasteiger partial charge in [0.05, 0.1) is 23.8 Å². The van der Waals surface area contributed by atoms with Crippen LogP contribution < -0.4 is 4.90 Å². The molecule has 2 aliphatic rings. The van der Waals surface area contributed by atoms with Gasteiger partial charge in [-0.15, -0.1) is 0 Å². The minimum Gasteiger partial charge on any atom is -0.340 e. The summed E-state index contributed by atoms with van der Waals surface area (Å²) in [6, 6.07) is 10.7.